The fourth-order valence-corrected chi connectivity index (χ4v) is 3.59. The standard InChI is InChI=1S/C19H18N2O/c1-4-13-14-7-8-21(3)10-16(14)11(2)18-15-9-12(22)5-6-17(15)20-19(13)18/h5-10,22H,4H2,1-3H3/p+1. The summed E-state index contributed by atoms with van der Waals surface area (Å²) in [6, 6.07) is 7.74. The quantitative estimate of drug-likeness (QED) is 0.513. The second-order valence-electron chi connectivity index (χ2n) is 6.00. The molecule has 3 nitrogen and oxygen atoms in total. The zero-order valence-corrected chi connectivity index (χ0v) is 13.1. The highest BCUT2D eigenvalue weighted by Crippen LogP contribution is 2.37. The predicted octanol–water partition coefficient (Wildman–Crippen LogP) is 3.88. The lowest BCUT2D eigenvalue weighted by molar-refractivity contribution is -0.670. The molecule has 0 aliphatic heterocycles. The topological polar surface area (TPSA) is 39.9 Å². The average Bonchev–Trinajstić information content (AvgIpc) is 2.87. The van der Waals surface area contributed by atoms with E-state index in [9.17, 15) is 5.11 Å². The molecule has 2 heterocycles. The van der Waals surface area contributed by atoms with Gasteiger partial charge >= 0.3 is 0 Å². The minimum Gasteiger partial charge on any atom is -0.508 e. The zero-order chi connectivity index (χ0) is 15.4. The smallest absolute Gasteiger partial charge is 0.176 e. The van der Waals surface area contributed by atoms with E-state index in [0.717, 1.165) is 17.3 Å². The van der Waals surface area contributed by atoms with Gasteiger partial charge in [-0.05, 0) is 48.1 Å². The van der Waals surface area contributed by atoms with Gasteiger partial charge in [-0.25, -0.2) is 4.57 Å². The van der Waals surface area contributed by atoms with E-state index in [4.69, 9.17) is 0 Å². The number of pyridine rings is 1. The highest BCUT2D eigenvalue weighted by molar-refractivity contribution is 6.16. The summed E-state index contributed by atoms with van der Waals surface area (Å²) in [4.78, 5) is 3.55. The molecule has 0 aliphatic rings. The Kier molecular flexibility index (Phi) is 2.67. The molecule has 0 saturated carbocycles. The normalized spacial score (nSPS) is 11.8. The van der Waals surface area contributed by atoms with Gasteiger partial charge in [-0.15, -0.1) is 0 Å². The summed E-state index contributed by atoms with van der Waals surface area (Å²) >= 11 is 0. The second kappa shape index (κ2) is 4.47. The number of aromatic amines is 1. The van der Waals surface area contributed by atoms with Crippen LogP contribution < -0.4 is 4.57 Å². The minimum atomic E-state index is 0.310. The van der Waals surface area contributed by atoms with Crippen LogP contribution in [0.2, 0.25) is 0 Å². The average molecular weight is 291 g/mol. The van der Waals surface area contributed by atoms with E-state index in [1.54, 1.807) is 6.07 Å². The van der Waals surface area contributed by atoms with Gasteiger partial charge in [0.05, 0.1) is 5.52 Å². The monoisotopic (exact) mass is 291 g/mol. The molecule has 0 radical (unpaired) electrons. The number of phenols is 1. The van der Waals surface area contributed by atoms with Crippen molar-refractivity contribution in [2.24, 2.45) is 7.05 Å². The van der Waals surface area contributed by atoms with Crippen LogP contribution in [0.3, 0.4) is 0 Å². The van der Waals surface area contributed by atoms with Gasteiger partial charge in [0.25, 0.3) is 0 Å². The van der Waals surface area contributed by atoms with Crippen molar-refractivity contribution < 1.29 is 9.67 Å². The summed E-state index contributed by atoms with van der Waals surface area (Å²) in [5, 5.41) is 14.8. The lowest BCUT2D eigenvalue weighted by Gasteiger charge is -2.09. The molecule has 0 unspecified atom stereocenters. The number of nitrogens with zero attached hydrogens (tertiary/aromatic N) is 1. The molecular formula is C19H19N2O+. The molecule has 0 bridgehead atoms. The van der Waals surface area contributed by atoms with Crippen molar-refractivity contribution in [1.82, 2.24) is 4.98 Å². The summed E-state index contributed by atoms with van der Waals surface area (Å²) in [6.07, 6.45) is 5.26. The molecule has 0 saturated heterocycles. The van der Waals surface area contributed by atoms with E-state index in [1.807, 2.05) is 12.1 Å². The van der Waals surface area contributed by atoms with Gasteiger partial charge in [0.2, 0.25) is 0 Å². The van der Waals surface area contributed by atoms with Gasteiger partial charge in [-0.3, -0.25) is 0 Å². The Bertz CT molecular complexity index is 1040. The number of rotatable bonds is 1. The van der Waals surface area contributed by atoms with Gasteiger partial charge in [0.15, 0.2) is 12.4 Å². The predicted molar refractivity (Wildman–Crippen MR) is 90.3 cm³/mol. The maximum absolute atomic E-state index is 9.86. The number of hydrogen-bond donors (Lipinski definition) is 2. The van der Waals surface area contributed by atoms with E-state index in [-0.39, 0.29) is 0 Å². The van der Waals surface area contributed by atoms with Crippen LogP contribution in [0.5, 0.6) is 5.75 Å². The first-order valence-electron chi connectivity index (χ1n) is 7.65. The molecule has 2 aromatic heterocycles. The number of aromatic nitrogens is 2. The highest BCUT2D eigenvalue weighted by atomic mass is 16.3. The van der Waals surface area contributed by atoms with Gasteiger partial charge in [0, 0.05) is 27.7 Å². The molecule has 4 aromatic rings. The van der Waals surface area contributed by atoms with Crippen LogP contribution in [0.25, 0.3) is 32.6 Å². The minimum absolute atomic E-state index is 0.310. The van der Waals surface area contributed by atoms with Crippen molar-refractivity contribution >= 4 is 32.6 Å². The summed E-state index contributed by atoms with van der Waals surface area (Å²) in [5.41, 5.74) is 4.87. The molecule has 0 aliphatic carbocycles. The van der Waals surface area contributed by atoms with Crippen LogP contribution in [0.15, 0.2) is 36.7 Å². The van der Waals surface area contributed by atoms with Crippen molar-refractivity contribution in [3.8, 4) is 5.75 Å². The number of fused-ring (bicyclic) bond motifs is 4. The van der Waals surface area contributed by atoms with Crippen LogP contribution in [-0.4, -0.2) is 10.1 Å². The van der Waals surface area contributed by atoms with E-state index < -0.39 is 0 Å². The largest absolute Gasteiger partial charge is 0.508 e. The first-order valence-corrected chi connectivity index (χ1v) is 7.65. The van der Waals surface area contributed by atoms with Crippen LogP contribution in [-0.2, 0) is 13.5 Å². The number of phenolic OH excluding ortho intramolecular Hbond substituents is 1. The third-order valence-electron chi connectivity index (χ3n) is 4.64. The maximum atomic E-state index is 9.86. The fraction of sp³-hybridized carbons (Fsp3) is 0.211. The number of benzene rings is 2. The Labute approximate surface area is 128 Å². The van der Waals surface area contributed by atoms with Crippen molar-refractivity contribution in [2.75, 3.05) is 0 Å². The van der Waals surface area contributed by atoms with Crippen LogP contribution in [0.4, 0.5) is 0 Å². The lowest BCUT2D eigenvalue weighted by Crippen LogP contribution is -2.26. The first-order chi connectivity index (χ1) is 10.6. The molecule has 0 spiro atoms. The van der Waals surface area contributed by atoms with Gasteiger partial charge in [-0.2, -0.15) is 0 Å². The molecule has 0 fully saturated rings. The van der Waals surface area contributed by atoms with Crippen molar-refractivity contribution in [2.45, 2.75) is 20.3 Å². The summed E-state index contributed by atoms with van der Waals surface area (Å²) in [7, 11) is 2.05. The molecular weight excluding hydrogens is 272 g/mol. The van der Waals surface area contributed by atoms with Crippen molar-refractivity contribution in [3.05, 3.63) is 47.8 Å². The van der Waals surface area contributed by atoms with Gasteiger partial charge < -0.3 is 10.1 Å². The lowest BCUT2D eigenvalue weighted by atomic mass is 9.95. The molecule has 2 N–H and O–H groups in total. The van der Waals surface area contributed by atoms with Crippen LogP contribution in [0.1, 0.15) is 18.1 Å². The third-order valence-corrected chi connectivity index (χ3v) is 4.64. The molecule has 0 atom stereocenters. The van der Waals surface area contributed by atoms with Crippen LogP contribution in [0, 0.1) is 6.92 Å². The van der Waals surface area contributed by atoms with Gasteiger partial charge in [0.1, 0.15) is 12.8 Å². The fourth-order valence-electron chi connectivity index (χ4n) is 3.59. The number of aromatic hydroxyl groups is 1. The molecule has 22 heavy (non-hydrogen) atoms. The Hall–Kier alpha value is -2.55. The number of hydrogen-bond acceptors (Lipinski definition) is 1. The van der Waals surface area contributed by atoms with Crippen molar-refractivity contribution in [3.63, 3.8) is 0 Å². The molecule has 4 rings (SSSR count). The van der Waals surface area contributed by atoms with Gasteiger partial charge in [-0.1, -0.05) is 6.92 Å². The number of H-pyrrole nitrogens is 1. The van der Waals surface area contributed by atoms with Crippen LogP contribution >= 0.6 is 0 Å². The third kappa shape index (κ3) is 1.65. The Morgan fingerprint density at radius 1 is 1.14 bits per heavy atom. The SMILES string of the molecule is CCc1c2cc[n+](C)cc2c(C)c2c1[nH]c1ccc(O)cc12. The van der Waals surface area contributed by atoms with E-state index in [0.29, 0.717) is 5.75 Å². The van der Waals surface area contributed by atoms with E-state index >= 15 is 0 Å². The number of aryl methyl sites for hydroxylation is 3. The highest BCUT2D eigenvalue weighted by Gasteiger charge is 2.17. The molecule has 3 heteroatoms. The zero-order valence-electron chi connectivity index (χ0n) is 13.1. The Morgan fingerprint density at radius 3 is 2.73 bits per heavy atom. The Balaban J connectivity index is 2.33. The Morgan fingerprint density at radius 2 is 1.95 bits per heavy atom. The molecule has 0 amide bonds. The molecule has 110 valence electrons. The maximum Gasteiger partial charge on any atom is 0.176 e. The first kappa shape index (κ1) is 13.1. The second-order valence-corrected chi connectivity index (χ2v) is 6.00. The molecule has 2 aromatic carbocycles. The summed E-state index contributed by atoms with van der Waals surface area (Å²) < 4.78 is 2.09. The van der Waals surface area contributed by atoms with E-state index in [2.05, 4.69) is 48.9 Å². The van der Waals surface area contributed by atoms with Crippen molar-refractivity contribution in [1.29, 1.82) is 0 Å². The number of nitrogens with one attached hydrogen (secondary N) is 1. The summed E-state index contributed by atoms with van der Waals surface area (Å²) in [6.45, 7) is 4.36. The summed E-state index contributed by atoms with van der Waals surface area (Å²) in [5.74, 6) is 0.310. The van der Waals surface area contributed by atoms with E-state index in [1.165, 1.54) is 32.8 Å².